The van der Waals surface area contributed by atoms with Crippen LogP contribution < -0.4 is 0 Å². The zero-order valence-electron chi connectivity index (χ0n) is 13.1. The fraction of sp³-hybridized carbons (Fsp3) is 0.438. The van der Waals surface area contributed by atoms with E-state index >= 15 is 0 Å². The average molecular weight is 330 g/mol. The summed E-state index contributed by atoms with van der Waals surface area (Å²) in [7, 11) is -3.61. The van der Waals surface area contributed by atoms with Crippen LogP contribution in [0.5, 0.6) is 0 Å². The quantitative estimate of drug-likeness (QED) is 0.840. The second-order valence-corrected chi connectivity index (χ2v) is 8.05. The van der Waals surface area contributed by atoms with Gasteiger partial charge in [0.2, 0.25) is 15.0 Å². The molecule has 0 radical (unpaired) electrons. The first-order chi connectivity index (χ1) is 10.9. The Balaban J connectivity index is 1.98. The third-order valence-corrected chi connectivity index (χ3v) is 5.36. The Morgan fingerprint density at radius 3 is 2.70 bits per heavy atom. The molecule has 3 rings (SSSR count). The van der Waals surface area contributed by atoms with Gasteiger partial charge in [0.05, 0.1) is 17.4 Å². The Morgan fingerprint density at radius 2 is 2.09 bits per heavy atom. The maximum absolute atomic E-state index is 12.8. The molecule has 0 unspecified atom stereocenters. The number of rotatable bonds is 5. The summed E-state index contributed by atoms with van der Waals surface area (Å²) in [5.41, 5.74) is 1.03. The van der Waals surface area contributed by atoms with Crippen molar-refractivity contribution >= 4 is 9.84 Å². The maximum atomic E-state index is 12.8. The smallest absolute Gasteiger partial charge is 0.250 e. The summed E-state index contributed by atoms with van der Waals surface area (Å²) >= 11 is 0. The lowest BCUT2D eigenvalue weighted by Gasteiger charge is -2.11. The van der Waals surface area contributed by atoms with E-state index in [-0.39, 0.29) is 22.9 Å². The van der Waals surface area contributed by atoms with Crippen LogP contribution in [0.3, 0.4) is 0 Å². The van der Waals surface area contributed by atoms with Crippen molar-refractivity contribution in [3.05, 3.63) is 41.2 Å². The van der Waals surface area contributed by atoms with E-state index in [1.165, 1.54) is 0 Å². The van der Waals surface area contributed by atoms with E-state index < -0.39 is 9.84 Å². The lowest BCUT2D eigenvalue weighted by molar-refractivity contribution is 0.550. The largest absolute Gasteiger partial charge is 0.299 e. The van der Waals surface area contributed by atoms with E-state index in [1.54, 1.807) is 28.8 Å². The lowest BCUT2D eigenvalue weighted by Crippen LogP contribution is -2.14. The maximum Gasteiger partial charge on any atom is 0.250 e. The summed E-state index contributed by atoms with van der Waals surface area (Å²) in [6, 6.07) is 8.86. The van der Waals surface area contributed by atoms with Crippen molar-refractivity contribution in [1.29, 1.82) is 5.26 Å². The van der Waals surface area contributed by atoms with Gasteiger partial charge in [-0.25, -0.2) is 8.42 Å². The molecule has 0 bridgehead atoms. The Hall–Kier alpha value is -2.20. The van der Waals surface area contributed by atoms with E-state index in [9.17, 15) is 8.42 Å². The minimum Gasteiger partial charge on any atom is -0.299 e. The van der Waals surface area contributed by atoms with Gasteiger partial charge in [-0.1, -0.05) is 26.0 Å². The highest BCUT2D eigenvalue weighted by Gasteiger charge is 2.35. The van der Waals surface area contributed by atoms with Crippen LogP contribution in [0.15, 0.2) is 29.4 Å². The molecular formula is C16H18N4O2S. The van der Waals surface area contributed by atoms with Gasteiger partial charge in [0.1, 0.15) is 5.82 Å². The topological polar surface area (TPSA) is 88.6 Å². The molecule has 7 heteroatoms. The van der Waals surface area contributed by atoms with Gasteiger partial charge < -0.3 is 0 Å². The fourth-order valence-corrected chi connectivity index (χ4v) is 4.04. The molecule has 0 aliphatic heterocycles. The van der Waals surface area contributed by atoms with E-state index in [2.05, 4.69) is 10.2 Å². The van der Waals surface area contributed by atoms with Crippen LogP contribution in [-0.4, -0.2) is 23.2 Å². The summed E-state index contributed by atoms with van der Waals surface area (Å²) in [5.74, 6) is 0.664. The minimum atomic E-state index is -3.61. The number of sulfone groups is 1. The van der Waals surface area contributed by atoms with Gasteiger partial charge in [-0.05, 0) is 30.5 Å². The SMILES string of the molecule is CC(C)c1nnc(S(=O)(=O)Cc2cccc(C#N)c2)n1C1CC1. The molecule has 120 valence electrons. The van der Waals surface area contributed by atoms with Crippen LogP contribution in [0.4, 0.5) is 0 Å². The van der Waals surface area contributed by atoms with Gasteiger partial charge in [-0.15, -0.1) is 10.2 Å². The van der Waals surface area contributed by atoms with Crippen LogP contribution >= 0.6 is 0 Å². The van der Waals surface area contributed by atoms with E-state index in [0.717, 1.165) is 18.7 Å². The number of nitrogens with zero attached hydrogens (tertiary/aromatic N) is 4. The molecule has 1 saturated carbocycles. The predicted molar refractivity (Wildman–Crippen MR) is 84.4 cm³/mol. The second-order valence-electron chi connectivity index (χ2n) is 6.17. The van der Waals surface area contributed by atoms with Crippen molar-refractivity contribution in [3.63, 3.8) is 0 Å². The molecular weight excluding hydrogens is 312 g/mol. The number of hydrogen-bond acceptors (Lipinski definition) is 5. The first-order valence-corrected chi connectivity index (χ1v) is 9.24. The third-order valence-electron chi connectivity index (χ3n) is 3.81. The molecule has 0 N–H and O–H groups in total. The predicted octanol–water partition coefficient (Wildman–Crippen LogP) is 2.58. The molecule has 0 saturated heterocycles. The van der Waals surface area contributed by atoms with Gasteiger partial charge in [-0.2, -0.15) is 5.26 Å². The zero-order chi connectivity index (χ0) is 16.6. The number of benzene rings is 1. The van der Waals surface area contributed by atoms with E-state index in [4.69, 9.17) is 5.26 Å². The van der Waals surface area contributed by atoms with Crippen LogP contribution in [0.2, 0.25) is 0 Å². The van der Waals surface area contributed by atoms with Crippen LogP contribution in [0.25, 0.3) is 0 Å². The van der Waals surface area contributed by atoms with E-state index in [0.29, 0.717) is 11.1 Å². The molecule has 23 heavy (non-hydrogen) atoms. The molecule has 1 aliphatic rings. The number of hydrogen-bond donors (Lipinski definition) is 0. The standard InChI is InChI=1S/C16H18N4O2S/c1-11(2)15-18-19-16(20(15)14-6-7-14)23(21,22)10-13-5-3-4-12(8-13)9-17/h3-5,8,11,14H,6-7,10H2,1-2H3. The molecule has 6 nitrogen and oxygen atoms in total. The molecule has 0 amide bonds. The van der Waals surface area contributed by atoms with Crippen molar-refractivity contribution in [2.45, 2.75) is 49.6 Å². The highest BCUT2D eigenvalue weighted by molar-refractivity contribution is 7.90. The van der Waals surface area contributed by atoms with Crippen molar-refractivity contribution in [2.24, 2.45) is 0 Å². The summed E-state index contributed by atoms with van der Waals surface area (Å²) in [4.78, 5) is 0. The molecule has 0 spiro atoms. The van der Waals surface area contributed by atoms with Gasteiger partial charge in [0.15, 0.2) is 0 Å². The van der Waals surface area contributed by atoms with E-state index in [1.807, 2.05) is 19.9 Å². The first-order valence-electron chi connectivity index (χ1n) is 7.59. The molecule has 0 atom stereocenters. The Bertz CT molecular complexity index is 874. The summed E-state index contributed by atoms with van der Waals surface area (Å²) < 4.78 is 27.4. The van der Waals surface area contributed by atoms with Crippen LogP contribution in [-0.2, 0) is 15.6 Å². The Morgan fingerprint density at radius 1 is 1.35 bits per heavy atom. The normalized spacial score (nSPS) is 14.9. The monoisotopic (exact) mass is 330 g/mol. The summed E-state index contributed by atoms with van der Waals surface area (Å²) in [6.45, 7) is 3.96. The van der Waals surface area contributed by atoms with Gasteiger partial charge in [0.25, 0.3) is 0 Å². The van der Waals surface area contributed by atoms with Gasteiger partial charge in [0, 0.05) is 12.0 Å². The molecule has 1 aromatic carbocycles. The molecule has 1 aliphatic carbocycles. The van der Waals surface area contributed by atoms with Crippen molar-refractivity contribution in [3.8, 4) is 6.07 Å². The third kappa shape index (κ3) is 3.13. The molecule has 1 fully saturated rings. The Labute approximate surface area is 135 Å². The highest BCUT2D eigenvalue weighted by atomic mass is 32.2. The van der Waals surface area contributed by atoms with Crippen molar-refractivity contribution < 1.29 is 8.42 Å². The van der Waals surface area contributed by atoms with Gasteiger partial charge >= 0.3 is 0 Å². The minimum absolute atomic E-state index is 0.0473. The lowest BCUT2D eigenvalue weighted by atomic mass is 10.2. The average Bonchev–Trinajstić information content (AvgIpc) is 3.24. The molecule has 1 aromatic heterocycles. The van der Waals surface area contributed by atoms with Crippen molar-refractivity contribution in [1.82, 2.24) is 14.8 Å². The van der Waals surface area contributed by atoms with Crippen LogP contribution in [0, 0.1) is 11.3 Å². The number of aromatic nitrogens is 3. The highest BCUT2D eigenvalue weighted by Crippen LogP contribution is 2.39. The summed E-state index contributed by atoms with van der Waals surface area (Å²) in [6.07, 6.45) is 1.92. The molecule has 1 heterocycles. The second kappa shape index (κ2) is 5.78. The summed E-state index contributed by atoms with van der Waals surface area (Å²) in [5, 5.41) is 17.1. The fourth-order valence-electron chi connectivity index (χ4n) is 2.58. The zero-order valence-corrected chi connectivity index (χ0v) is 13.9. The number of nitriles is 1. The first kappa shape index (κ1) is 15.7. The molecule has 2 aromatic rings. The van der Waals surface area contributed by atoms with Crippen LogP contribution in [0.1, 0.15) is 55.6 Å². The van der Waals surface area contributed by atoms with Crippen molar-refractivity contribution in [2.75, 3.05) is 0 Å². The Kier molecular flexibility index (Phi) is 3.94. The van der Waals surface area contributed by atoms with Gasteiger partial charge in [-0.3, -0.25) is 4.57 Å².